The average molecular weight is 368 g/mol. The second kappa shape index (κ2) is 6.89. The first-order valence-electron chi connectivity index (χ1n) is 7.95. The van der Waals surface area contributed by atoms with Crippen molar-refractivity contribution in [3.63, 3.8) is 0 Å². The molecule has 2 N–H and O–H groups in total. The van der Waals surface area contributed by atoms with Crippen molar-refractivity contribution >= 4 is 87.5 Å². The zero-order valence-electron chi connectivity index (χ0n) is 14.1. The number of H-pyrrole nitrogens is 2. The quantitative estimate of drug-likeness (QED) is 0.381. The molecule has 0 atom stereocenters. The largest absolute Gasteiger partial charge is 0.355 e. The molecule has 3 aromatic heterocycles. The molecule has 5 rings (SSSR count). The normalized spacial score (nSPS) is 12.2. The van der Waals surface area contributed by atoms with E-state index in [1.165, 1.54) is 0 Å². The molecule has 2 aliphatic rings. The van der Waals surface area contributed by atoms with Gasteiger partial charge in [0.15, 0.2) is 0 Å². The second-order valence-corrected chi connectivity index (χ2v) is 6.43. The van der Waals surface area contributed by atoms with Crippen LogP contribution in [0, 0.1) is 0 Å². The predicted molar refractivity (Wildman–Crippen MR) is 110 cm³/mol. The van der Waals surface area contributed by atoms with Crippen molar-refractivity contribution in [1.29, 1.82) is 0 Å². The van der Waals surface area contributed by atoms with Crippen LogP contribution in [0.3, 0.4) is 0 Å². The molecule has 3 aromatic rings. The molecule has 2 aliphatic heterocycles. The first-order valence-corrected chi connectivity index (χ1v) is 8.33. The van der Waals surface area contributed by atoms with Crippen molar-refractivity contribution in [2.75, 3.05) is 0 Å². The molecule has 5 heterocycles. The molecule has 6 heteroatoms. The van der Waals surface area contributed by atoms with Crippen LogP contribution >= 0.6 is 11.6 Å². The summed E-state index contributed by atoms with van der Waals surface area (Å²) in [6.07, 6.45) is 7.95. The van der Waals surface area contributed by atoms with Gasteiger partial charge in [0, 0.05) is 46.1 Å². The average Bonchev–Trinajstić information content (AvgIpc) is 3.33. The van der Waals surface area contributed by atoms with E-state index in [1.807, 2.05) is 66.8 Å². The standard InChI is InChI=1S/C20H13ClN4.Na/c21-19-10-18-9-16-4-3-14(23-16)7-12-1-2-13(22-12)8-15-5-6-17(24-15)11-20(19)25-18;/h1-11,22,25H;. The van der Waals surface area contributed by atoms with Crippen molar-refractivity contribution in [2.45, 2.75) is 0 Å². The van der Waals surface area contributed by atoms with Gasteiger partial charge in [-0.1, -0.05) is 11.6 Å². The summed E-state index contributed by atoms with van der Waals surface area (Å²) in [5.41, 5.74) is 7.31. The Labute approximate surface area is 177 Å². The first kappa shape index (κ1) is 17.3. The van der Waals surface area contributed by atoms with E-state index in [9.17, 15) is 0 Å². The number of nitrogens with one attached hydrogen (secondary N) is 2. The third-order valence-electron chi connectivity index (χ3n) is 4.12. The molecule has 0 unspecified atom stereocenters. The van der Waals surface area contributed by atoms with E-state index in [1.54, 1.807) is 0 Å². The maximum absolute atomic E-state index is 6.35. The summed E-state index contributed by atoms with van der Waals surface area (Å²) in [6, 6.07) is 13.9. The molecule has 1 radical (unpaired) electrons. The summed E-state index contributed by atoms with van der Waals surface area (Å²) in [5, 5.41) is 0.663. The zero-order chi connectivity index (χ0) is 16.8. The molecule has 0 spiro atoms. The summed E-state index contributed by atoms with van der Waals surface area (Å²) >= 11 is 6.35. The number of halogens is 1. The van der Waals surface area contributed by atoms with E-state index in [4.69, 9.17) is 11.6 Å². The van der Waals surface area contributed by atoms with Gasteiger partial charge in [0.05, 0.1) is 33.3 Å². The molecule has 4 nitrogen and oxygen atoms in total. The molecule has 0 amide bonds. The van der Waals surface area contributed by atoms with Crippen LogP contribution in [0.5, 0.6) is 0 Å². The number of fused-ring (bicyclic) bond motifs is 8. The molecular weight excluding hydrogens is 355 g/mol. The Morgan fingerprint density at radius 3 is 1.69 bits per heavy atom. The van der Waals surface area contributed by atoms with Gasteiger partial charge in [0.1, 0.15) is 0 Å². The SMILES string of the molecule is Clc1cc2cc3nc(cc4ccc(cc5nc(cc1[nH]2)C=C5)[nH]4)C=C3.[Na]. The fourth-order valence-electron chi connectivity index (χ4n) is 2.98. The second-order valence-electron chi connectivity index (χ2n) is 6.02. The third-order valence-corrected chi connectivity index (χ3v) is 4.43. The topological polar surface area (TPSA) is 57.4 Å². The molecular formula is C20H13ClN4Na. The number of nitrogens with zero attached hydrogens (tertiary/aromatic N) is 2. The number of hydrogen-bond acceptors (Lipinski definition) is 2. The van der Waals surface area contributed by atoms with Gasteiger partial charge in [-0.05, 0) is 66.8 Å². The van der Waals surface area contributed by atoms with E-state index in [2.05, 4.69) is 19.9 Å². The van der Waals surface area contributed by atoms with Crippen molar-refractivity contribution < 1.29 is 0 Å². The van der Waals surface area contributed by atoms with Crippen LogP contribution in [0.15, 0.2) is 42.5 Å². The first-order chi connectivity index (χ1) is 12.2. The maximum Gasteiger partial charge on any atom is 0.0662 e. The van der Waals surface area contributed by atoms with E-state index < -0.39 is 0 Å². The van der Waals surface area contributed by atoms with Crippen LogP contribution < -0.4 is 0 Å². The summed E-state index contributed by atoms with van der Waals surface area (Å²) in [5.74, 6) is 0. The van der Waals surface area contributed by atoms with E-state index in [0.29, 0.717) is 5.02 Å². The van der Waals surface area contributed by atoms with Crippen LogP contribution in [0.4, 0.5) is 0 Å². The van der Waals surface area contributed by atoms with Gasteiger partial charge in [-0.2, -0.15) is 0 Å². The molecule has 0 aromatic carbocycles. The van der Waals surface area contributed by atoms with Gasteiger partial charge in [0.25, 0.3) is 0 Å². The number of rotatable bonds is 0. The van der Waals surface area contributed by atoms with Crippen LogP contribution in [0.2, 0.25) is 5.02 Å². The third kappa shape index (κ3) is 3.41. The minimum Gasteiger partial charge on any atom is -0.355 e. The minimum absolute atomic E-state index is 0. The minimum atomic E-state index is 0. The molecule has 0 saturated carbocycles. The Bertz CT molecular complexity index is 1220. The Morgan fingerprint density at radius 1 is 0.615 bits per heavy atom. The summed E-state index contributed by atoms with van der Waals surface area (Å²) in [7, 11) is 0. The van der Waals surface area contributed by atoms with Crippen LogP contribution in [-0.4, -0.2) is 49.5 Å². The summed E-state index contributed by atoms with van der Waals surface area (Å²) in [6.45, 7) is 0. The number of aromatic amines is 2. The smallest absolute Gasteiger partial charge is 0.0662 e. The summed E-state index contributed by atoms with van der Waals surface area (Å²) < 4.78 is 0. The van der Waals surface area contributed by atoms with Gasteiger partial charge < -0.3 is 9.97 Å². The van der Waals surface area contributed by atoms with Crippen LogP contribution in [0.25, 0.3) is 46.4 Å². The number of aromatic nitrogens is 4. The van der Waals surface area contributed by atoms with Crippen molar-refractivity contribution in [2.24, 2.45) is 0 Å². The van der Waals surface area contributed by atoms with Gasteiger partial charge in [-0.25, -0.2) is 9.97 Å². The summed E-state index contributed by atoms with van der Waals surface area (Å²) in [4.78, 5) is 15.9. The van der Waals surface area contributed by atoms with Crippen molar-refractivity contribution in [1.82, 2.24) is 19.9 Å². The zero-order valence-corrected chi connectivity index (χ0v) is 16.9. The Kier molecular flexibility index (Phi) is 4.59. The van der Waals surface area contributed by atoms with Crippen LogP contribution in [-0.2, 0) is 0 Å². The number of hydrogen-bond donors (Lipinski definition) is 2. The Morgan fingerprint density at radius 2 is 1.12 bits per heavy atom. The van der Waals surface area contributed by atoms with E-state index in [0.717, 1.165) is 44.8 Å². The van der Waals surface area contributed by atoms with Gasteiger partial charge >= 0.3 is 0 Å². The molecule has 26 heavy (non-hydrogen) atoms. The van der Waals surface area contributed by atoms with Crippen molar-refractivity contribution in [3.05, 3.63) is 70.3 Å². The molecule has 0 saturated heterocycles. The van der Waals surface area contributed by atoms with Gasteiger partial charge in [0.2, 0.25) is 0 Å². The predicted octanol–water partition coefficient (Wildman–Crippen LogP) is 4.93. The van der Waals surface area contributed by atoms with E-state index in [-0.39, 0.29) is 29.6 Å². The Hall–Kier alpha value is -2.11. The van der Waals surface area contributed by atoms with Gasteiger partial charge in [-0.3, -0.25) is 0 Å². The van der Waals surface area contributed by atoms with Gasteiger partial charge in [-0.15, -0.1) is 0 Å². The fraction of sp³-hybridized carbons (Fsp3) is 0. The molecule has 121 valence electrons. The maximum atomic E-state index is 6.35. The molecule has 8 bridgehead atoms. The van der Waals surface area contributed by atoms with Crippen molar-refractivity contribution in [3.8, 4) is 0 Å². The van der Waals surface area contributed by atoms with Crippen LogP contribution in [0.1, 0.15) is 22.8 Å². The van der Waals surface area contributed by atoms with E-state index >= 15 is 0 Å². The monoisotopic (exact) mass is 367 g/mol. The molecule has 0 aliphatic carbocycles. The molecule has 0 fully saturated rings. The fourth-order valence-corrected chi connectivity index (χ4v) is 3.20. The Balaban J connectivity index is 0.00000168.